The second kappa shape index (κ2) is 7.07. The summed E-state index contributed by atoms with van der Waals surface area (Å²) in [6, 6.07) is 12.8. The van der Waals surface area contributed by atoms with Gasteiger partial charge in [0.1, 0.15) is 23.3 Å². The van der Waals surface area contributed by atoms with Crippen molar-refractivity contribution in [1.29, 1.82) is 0 Å². The van der Waals surface area contributed by atoms with E-state index in [1.54, 1.807) is 16.8 Å². The molecule has 150 valence electrons. The van der Waals surface area contributed by atoms with Crippen LogP contribution in [0.15, 0.2) is 53.3 Å². The van der Waals surface area contributed by atoms with Crippen LogP contribution in [0, 0.1) is 5.82 Å². The van der Waals surface area contributed by atoms with Crippen molar-refractivity contribution in [3.8, 4) is 17.0 Å². The molecule has 0 saturated carbocycles. The Hall–Kier alpha value is -4.08. The molecule has 1 atom stereocenters. The lowest BCUT2D eigenvalue weighted by Crippen LogP contribution is -2.29. The largest absolute Gasteiger partial charge is 0.494 e. The number of tetrazole rings is 1. The highest BCUT2D eigenvalue weighted by molar-refractivity contribution is 5.75. The first-order valence-corrected chi connectivity index (χ1v) is 9.32. The van der Waals surface area contributed by atoms with Gasteiger partial charge in [-0.25, -0.2) is 9.49 Å². The van der Waals surface area contributed by atoms with Gasteiger partial charge in [-0.2, -0.15) is 9.78 Å². The van der Waals surface area contributed by atoms with Crippen molar-refractivity contribution in [3.05, 3.63) is 75.8 Å². The van der Waals surface area contributed by atoms with E-state index in [1.165, 1.54) is 12.1 Å². The van der Waals surface area contributed by atoms with Crippen molar-refractivity contribution in [1.82, 2.24) is 30.4 Å². The number of H-pyrrole nitrogens is 1. The molecule has 1 aliphatic heterocycles. The quantitative estimate of drug-likeness (QED) is 0.473. The zero-order valence-electron chi connectivity index (χ0n) is 15.8. The average molecular weight is 405 g/mol. The number of nitrogens with zero attached hydrogens (tertiary/aromatic N) is 5. The molecule has 3 heterocycles. The van der Waals surface area contributed by atoms with E-state index in [1.807, 2.05) is 31.2 Å². The van der Waals surface area contributed by atoms with Gasteiger partial charge in [0.15, 0.2) is 0 Å². The first-order chi connectivity index (χ1) is 14.7. The third-order valence-corrected chi connectivity index (χ3v) is 4.89. The summed E-state index contributed by atoms with van der Waals surface area (Å²) < 4.78 is 20.6. The summed E-state index contributed by atoms with van der Waals surface area (Å²) >= 11 is 0. The van der Waals surface area contributed by atoms with Gasteiger partial charge >= 0.3 is 0 Å². The van der Waals surface area contributed by atoms with Crippen LogP contribution < -0.4 is 15.6 Å². The molecule has 0 aliphatic carbocycles. The number of aromatic nitrogens is 6. The summed E-state index contributed by atoms with van der Waals surface area (Å²) in [5, 5.41) is 21.6. The predicted molar refractivity (Wildman–Crippen MR) is 106 cm³/mol. The third kappa shape index (κ3) is 2.89. The van der Waals surface area contributed by atoms with E-state index in [2.05, 4.69) is 31.0 Å². The number of fused-ring (bicyclic) bond motifs is 2. The molecule has 0 spiro atoms. The Bertz CT molecular complexity index is 1270. The van der Waals surface area contributed by atoms with Gasteiger partial charge in [0, 0.05) is 11.1 Å². The number of hydrogen-bond donors (Lipinski definition) is 2. The summed E-state index contributed by atoms with van der Waals surface area (Å²) in [5.41, 5.74) is 2.53. The lowest BCUT2D eigenvalue weighted by Gasteiger charge is -2.27. The fourth-order valence-electron chi connectivity index (χ4n) is 3.59. The Labute approximate surface area is 169 Å². The van der Waals surface area contributed by atoms with Crippen LogP contribution in [0.1, 0.15) is 24.1 Å². The van der Waals surface area contributed by atoms with Crippen LogP contribution in [0.2, 0.25) is 0 Å². The zero-order valence-corrected chi connectivity index (χ0v) is 15.8. The molecule has 4 aromatic rings. The van der Waals surface area contributed by atoms with Gasteiger partial charge in [-0.1, -0.05) is 17.2 Å². The van der Waals surface area contributed by atoms with Crippen LogP contribution in [0.4, 0.5) is 16.0 Å². The molecular formula is C20H16FN7O2. The summed E-state index contributed by atoms with van der Waals surface area (Å²) in [6.07, 6.45) is 0. The number of nitrogens with one attached hydrogen (secondary N) is 2. The van der Waals surface area contributed by atoms with Crippen molar-refractivity contribution >= 4 is 11.6 Å². The van der Waals surface area contributed by atoms with Crippen molar-refractivity contribution in [2.24, 2.45) is 0 Å². The van der Waals surface area contributed by atoms with Gasteiger partial charge in [0.2, 0.25) is 5.95 Å². The molecule has 0 saturated heterocycles. The molecule has 2 N–H and O–H groups in total. The first-order valence-electron chi connectivity index (χ1n) is 9.32. The highest BCUT2D eigenvalue weighted by Crippen LogP contribution is 2.41. The van der Waals surface area contributed by atoms with E-state index < -0.39 is 11.6 Å². The molecule has 1 aliphatic rings. The molecule has 0 fully saturated rings. The van der Waals surface area contributed by atoms with E-state index in [0.717, 1.165) is 11.3 Å². The van der Waals surface area contributed by atoms with E-state index in [4.69, 9.17) is 4.74 Å². The maximum Gasteiger partial charge on any atom is 0.288 e. The minimum absolute atomic E-state index is 0.297. The van der Waals surface area contributed by atoms with Gasteiger partial charge in [0.25, 0.3) is 5.56 Å². The zero-order chi connectivity index (χ0) is 20.7. The number of rotatable bonds is 4. The molecule has 5 rings (SSSR count). The number of anilines is 2. The minimum atomic E-state index is -0.566. The van der Waals surface area contributed by atoms with Crippen molar-refractivity contribution in [2.45, 2.75) is 13.0 Å². The Balaban J connectivity index is 1.73. The number of hydrogen-bond acceptors (Lipinski definition) is 7. The van der Waals surface area contributed by atoms with Crippen molar-refractivity contribution in [3.63, 3.8) is 0 Å². The van der Waals surface area contributed by atoms with E-state index in [-0.39, 0.29) is 5.82 Å². The number of aromatic amines is 1. The highest BCUT2D eigenvalue weighted by atomic mass is 19.1. The van der Waals surface area contributed by atoms with Crippen LogP contribution in [0.3, 0.4) is 0 Å². The van der Waals surface area contributed by atoms with Gasteiger partial charge in [-0.15, -0.1) is 0 Å². The minimum Gasteiger partial charge on any atom is -0.494 e. The standard InChI is InChI=1S/C20H16FN7O2/c1-2-30-14-9-5-11(6-10-14)16-15-17(19(29)24-23-16)22-20-25-26-27-28(20)18(15)12-3-7-13(21)8-4-12/h3-10,18H,2H2,1H3,(H,24,29)(H,22,25,27). The Morgan fingerprint density at radius 3 is 2.63 bits per heavy atom. The SMILES string of the molecule is CCOc1ccc(-c2n[nH]c(=O)c3c2C(c2ccc(F)cc2)n2nnnc2N3)cc1. The van der Waals surface area contributed by atoms with Crippen molar-refractivity contribution in [2.75, 3.05) is 11.9 Å². The fourth-order valence-corrected chi connectivity index (χ4v) is 3.59. The molecule has 2 aromatic heterocycles. The lowest BCUT2D eigenvalue weighted by atomic mass is 9.92. The van der Waals surface area contributed by atoms with Crippen LogP contribution in [-0.4, -0.2) is 37.0 Å². The normalized spacial score (nSPS) is 14.5. The molecule has 10 heteroatoms. The van der Waals surface area contributed by atoms with Crippen LogP contribution in [0.25, 0.3) is 11.3 Å². The van der Waals surface area contributed by atoms with Crippen LogP contribution in [-0.2, 0) is 0 Å². The summed E-state index contributed by atoms with van der Waals surface area (Å²) in [5.74, 6) is 0.683. The van der Waals surface area contributed by atoms with Crippen molar-refractivity contribution < 1.29 is 9.13 Å². The molecule has 0 bridgehead atoms. The van der Waals surface area contributed by atoms with Crippen LogP contribution in [0.5, 0.6) is 5.75 Å². The first kappa shape index (κ1) is 18.0. The molecule has 1 unspecified atom stereocenters. The highest BCUT2D eigenvalue weighted by Gasteiger charge is 2.34. The monoisotopic (exact) mass is 405 g/mol. The Morgan fingerprint density at radius 2 is 1.90 bits per heavy atom. The summed E-state index contributed by atoms with van der Waals surface area (Å²) in [6.45, 7) is 2.47. The number of benzene rings is 2. The van der Waals surface area contributed by atoms with E-state index >= 15 is 0 Å². The van der Waals surface area contributed by atoms with E-state index in [9.17, 15) is 9.18 Å². The predicted octanol–water partition coefficient (Wildman–Crippen LogP) is 2.66. The average Bonchev–Trinajstić information content (AvgIpc) is 3.23. The molecule has 0 radical (unpaired) electrons. The third-order valence-electron chi connectivity index (χ3n) is 4.89. The van der Waals surface area contributed by atoms with Crippen LogP contribution >= 0.6 is 0 Å². The maximum atomic E-state index is 13.6. The molecule has 0 amide bonds. The summed E-state index contributed by atoms with van der Waals surface area (Å²) in [4.78, 5) is 12.6. The number of halogens is 1. The molecule has 9 nitrogen and oxygen atoms in total. The molecular weight excluding hydrogens is 389 g/mol. The Kier molecular flexibility index (Phi) is 4.24. The van der Waals surface area contributed by atoms with Gasteiger partial charge in [0.05, 0.1) is 12.3 Å². The van der Waals surface area contributed by atoms with Gasteiger partial charge < -0.3 is 10.1 Å². The molecule has 30 heavy (non-hydrogen) atoms. The second-order valence-electron chi connectivity index (χ2n) is 6.67. The van der Waals surface area contributed by atoms with Gasteiger partial charge in [-0.3, -0.25) is 4.79 Å². The number of ether oxygens (including phenoxy) is 1. The topological polar surface area (TPSA) is 111 Å². The molecule has 2 aromatic carbocycles. The second-order valence-corrected chi connectivity index (χ2v) is 6.67. The maximum absolute atomic E-state index is 13.6. The Morgan fingerprint density at radius 1 is 1.13 bits per heavy atom. The fraction of sp³-hybridized carbons (Fsp3) is 0.150. The van der Waals surface area contributed by atoms with E-state index in [0.29, 0.717) is 35.1 Å². The smallest absolute Gasteiger partial charge is 0.288 e. The lowest BCUT2D eigenvalue weighted by molar-refractivity contribution is 0.340. The summed E-state index contributed by atoms with van der Waals surface area (Å²) in [7, 11) is 0. The van der Waals surface area contributed by atoms with Gasteiger partial charge in [-0.05, 0) is 59.3 Å².